The molecule has 0 unspecified atom stereocenters. The zero-order valence-corrected chi connectivity index (χ0v) is 13.2. The minimum Gasteiger partial charge on any atom is -0.466 e. The molecule has 1 heterocycles. The van der Waals surface area contributed by atoms with Crippen molar-refractivity contribution in [2.75, 3.05) is 6.61 Å². The minimum atomic E-state index is -0.309. The van der Waals surface area contributed by atoms with Gasteiger partial charge in [-0.2, -0.15) is 0 Å². The molecule has 0 radical (unpaired) electrons. The Hall–Kier alpha value is -2.36. The molecule has 1 aliphatic carbocycles. The molecule has 2 aliphatic rings. The third-order valence-corrected chi connectivity index (χ3v) is 4.11. The van der Waals surface area contributed by atoms with Crippen LogP contribution >= 0.6 is 0 Å². The highest BCUT2D eigenvalue weighted by Crippen LogP contribution is 2.40. The maximum absolute atomic E-state index is 12.4. The summed E-state index contributed by atoms with van der Waals surface area (Å²) >= 11 is 0. The smallest absolute Gasteiger partial charge is 0.313 e. The second-order valence-electron chi connectivity index (χ2n) is 5.72. The highest BCUT2D eigenvalue weighted by atomic mass is 16.5. The largest absolute Gasteiger partial charge is 0.466 e. The molecule has 4 nitrogen and oxygen atoms in total. The van der Waals surface area contributed by atoms with Gasteiger partial charge in [0.05, 0.1) is 6.61 Å². The number of benzene rings is 1. The number of hydrogen-bond donors (Lipinski definition) is 0. The van der Waals surface area contributed by atoms with Crippen molar-refractivity contribution in [3.05, 3.63) is 59.1 Å². The van der Waals surface area contributed by atoms with E-state index < -0.39 is 0 Å². The summed E-state index contributed by atoms with van der Waals surface area (Å²) in [4.78, 5) is 24.1. The first-order chi connectivity index (χ1) is 11.2. The molecular weight excluding hydrogens is 292 g/mol. The lowest BCUT2D eigenvalue weighted by Gasteiger charge is -2.30. The average molecular weight is 312 g/mol. The maximum Gasteiger partial charge on any atom is 0.313 e. The van der Waals surface area contributed by atoms with Gasteiger partial charge in [0.1, 0.15) is 17.9 Å². The van der Waals surface area contributed by atoms with Gasteiger partial charge < -0.3 is 9.47 Å². The Morgan fingerprint density at radius 2 is 2.04 bits per heavy atom. The van der Waals surface area contributed by atoms with Crippen LogP contribution in [0.3, 0.4) is 0 Å². The standard InChI is InChI=1S/C19H20O4/c1-2-22-18(21)12-14-11-15(13-7-4-3-5-8-13)19-16(20)9-6-10-17(19)23-14/h3-5,7-8,11,15H,2,6,9-10,12H2,1H3/t15-/m1/s1. The zero-order valence-electron chi connectivity index (χ0n) is 13.2. The van der Waals surface area contributed by atoms with Gasteiger partial charge in [-0.05, 0) is 25.0 Å². The van der Waals surface area contributed by atoms with Gasteiger partial charge in [0.2, 0.25) is 0 Å². The van der Waals surface area contributed by atoms with E-state index in [-0.39, 0.29) is 24.1 Å². The summed E-state index contributed by atoms with van der Waals surface area (Å²) in [6.45, 7) is 2.13. The lowest BCUT2D eigenvalue weighted by atomic mass is 9.81. The lowest BCUT2D eigenvalue weighted by Crippen LogP contribution is -2.23. The Kier molecular flexibility index (Phi) is 4.60. The van der Waals surface area contributed by atoms with Crippen LogP contribution in [0.15, 0.2) is 53.5 Å². The molecule has 0 spiro atoms. The summed E-state index contributed by atoms with van der Waals surface area (Å²) in [5.74, 6) is 0.989. The summed E-state index contributed by atoms with van der Waals surface area (Å²) in [6, 6.07) is 9.86. The van der Waals surface area contributed by atoms with E-state index in [0.29, 0.717) is 18.8 Å². The predicted molar refractivity (Wildman–Crippen MR) is 85.5 cm³/mol. The van der Waals surface area contributed by atoms with Crippen LogP contribution in [0.25, 0.3) is 0 Å². The van der Waals surface area contributed by atoms with Crippen LogP contribution < -0.4 is 0 Å². The molecular formula is C19H20O4. The molecule has 4 heteroatoms. The topological polar surface area (TPSA) is 52.6 Å². The van der Waals surface area contributed by atoms with E-state index in [0.717, 1.165) is 29.7 Å². The molecule has 0 saturated heterocycles. The molecule has 1 aromatic carbocycles. The number of rotatable bonds is 4. The van der Waals surface area contributed by atoms with Crippen molar-refractivity contribution in [1.29, 1.82) is 0 Å². The molecule has 0 saturated carbocycles. The number of Topliss-reactive ketones (excluding diaryl/α,β-unsaturated/α-hetero) is 1. The van der Waals surface area contributed by atoms with Gasteiger partial charge in [-0.3, -0.25) is 9.59 Å². The minimum absolute atomic E-state index is 0.0993. The Morgan fingerprint density at radius 1 is 1.26 bits per heavy atom. The van der Waals surface area contributed by atoms with Crippen molar-refractivity contribution >= 4 is 11.8 Å². The van der Waals surface area contributed by atoms with E-state index in [4.69, 9.17) is 9.47 Å². The molecule has 0 bridgehead atoms. The summed E-state index contributed by atoms with van der Waals surface area (Å²) in [6.07, 6.45) is 4.08. The first-order valence-electron chi connectivity index (χ1n) is 8.04. The summed E-state index contributed by atoms with van der Waals surface area (Å²) in [7, 11) is 0. The maximum atomic E-state index is 12.4. The van der Waals surface area contributed by atoms with E-state index in [1.165, 1.54) is 0 Å². The number of carbonyl (C=O) groups excluding carboxylic acids is 2. The van der Waals surface area contributed by atoms with Gasteiger partial charge in [0.15, 0.2) is 5.78 Å². The Balaban J connectivity index is 1.94. The molecule has 1 aliphatic heterocycles. The van der Waals surface area contributed by atoms with Crippen LogP contribution in [0.1, 0.15) is 44.1 Å². The van der Waals surface area contributed by atoms with Gasteiger partial charge in [0.25, 0.3) is 0 Å². The van der Waals surface area contributed by atoms with Crippen molar-refractivity contribution in [3.8, 4) is 0 Å². The van der Waals surface area contributed by atoms with E-state index >= 15 is 0 Å². The fourth-order valence-electron chi connectivity index (χ4n) is 3.12. The zero-order chi connectivity index (χ0) is 16.2. The molecule has 0 amide bonds. The summed E-state index contributed by atoms with van der Waals surface area (Å²) in [5.41, 5.74) is 1.79. The number of allylic oxidation sites excluding steroid dienone is 3. The number of hydrogen-bond acceptors (Lipinski definition) is 4. The third-order valence-electron chi connectivity index (χ3n) is 4.11. The Morgan fingerprint density at radius 3 is 2.78 bits per heavy atom. The first kappa shape index (κ1) is 15.5. The summed E-state index contributed by atoms with van der Waals surface area (Å²) in [5, 5.41) is 0. The van der Waals surface area contributed by atoms with E-state index in [9.17, 15) is 9.59 Å². The van der Waals surface area contributed by atoms with Crippen molar-refractivity contribution in [2.24, 2.45) is 0 Å². The highest BCUT2D eigenvalue weighted by molar-refractivity contribution is 5.98. The van der Waals surface area contributed by atoms with Crippen LogP contribution in [0.4, 0.5) is 0 Å². The second-order valence-corrected chi connectivity index (χ2v) is 5.72. The molecule has 0 N–H and O–H groups in total. The predicted octanol–water partition coefficient (Wildman–Crippen LogP) is 3.64. The highest BCUT2D eigenvalue weighted by Gasteiger charge is 2.33. The van der Waals surface area contributed by atoms with Gasteiger partial charge in [-0.25, -0.2) is 0 Å². The number of carbonyl (C=O) groups is 2. The lowest BCUT2D eigenvalue weighted by molar-refractivity contribution is -0.142. The molecule has 0 aromatic heterocycles. The molecule has 1 aromatic rings. The van der Waals surface area contributed by atoms with E-state index in [2.05, 4.69) is 0 Å². The van der Waals surface area contributed by atoms with Crippen LogP contribution in [0.2, 0.25) is 0 Å². The van der Waals surface area contributed by atoms with Crippen LogP contribution in [0.5, 0.6) is 0 Å². The quantitative estimate of drug-likeness (QED) is 0.796. The van der Waals surface area contributed by atoms with Crippen LogP contribution in [-0.4, -0.2) is 18.4 Å². The van der Waals surface area contributed by atoms with Crippen molar-refractivity contribution in [2.45, 2.75) is 38.5 Å². The summed E-state index contributed by atoms with van der Waals surface area (Å²) < 4.78 is 10.8. The molecule has 120 valence electrons. The fourth-order valence-corrected chi connectivity index (χ4v) is 3.12. The number of ether oxygens (including phenoxy) is 2. The SMILES string of the molecule is CCOC(=O)CC1=C[C@H](c2ccccc2)C2=C(CCCC2=O)O1. The van der Waals surface area contributed by atoms with Gasteiger partial charge in [-0.1, -0.05) is 30.3 Å². The van der Waals surface area contributed by atoms with Gasteiger partial charge >= 0.3 is 5.97 Å². The van der Waals surface area contributed by atoms with Gasteiger partial charge in [-0.15, -0.1) is 0 Å². The molecule has 0 fully saturated rings. The molecule has 1 atom stereocenters. The monoisotopic (exact) mass is 312 g/mol. The van der Waals surface area contributed by atoms with Crippen molar-refractivity contribution in [1.82, 2.24) is 0 Å². The molecule has 23 heavy (non-hydrogen) atoms. The average Bonchev–Trinajstić information content (AvgIpc) is 2.55. The Bertz CT molecular complexity index is 670. The number of esters is 1. The molecule has 3 rings (SSSR count). The first-order valence-corrected chi connectivity index (χ1v) is 8.04. The Labute approximate surface area is 135 Å². The fraction of sp³-hybridized carbons (Fsp3) is 0.368. The third kappa shape index (κ3) is 3.36. The van der Waals surface area contributed by atoms with E-state index in [1.54, 1.807) is 6.92 Å². The van der Waals surface area contributed by atoms with Crippen LogP contribution in [-0.2, 0) is 19.1 Å². The van der Waals surface area contributed by atoms with Gasteiger partial charge in [0, 0.05) is 24.3 Å². The second kappa shape index (κ2) is 6.82. The normalized spacial score (nSPS) is 20.5. The van der Waals surface area contributed by atoms with Crippen molar-refractivity contribution in [3.63, 3.8) is 0 Å². The van der Waals surface area contributed by atoms with Crippen LogP contribution in [0, 0.1) is 0 Å². The van der Waals surface area contributed by atoms with Crippen molar-refractivity contribution < 1.29 is 19.1 Å². The number of ketones is 1. The van der Waals surface area contributed by atoms with E-state index in [1.807, 2.05) is 36.4 Å².